The molecule has 2 fully saturated rings. The Morgan fingerprint density at radius 2 is 2.10 bits per heavy atom. The maximum Gasteiger partial charge on any atom is 0.119 e. The zero-order valence-electron chi connectivity index (χ0n) is 13.2. The van der Waals surface area contributed by atoms with Gasteiger partial charge in [0.15, 0.2) is 0 Å². The second-order valence-corrected chi connectivity index (χ2v) is 6.40. The topological polar surface area (TPSA) is 30.5 Å². The second kappa shape index (κ2) is 6.37. The van der Waals surface area contributed by atoms with E-state index < -0.39 is 0 Å². The number of nitrogens with one attached hydrogen (secondary N) is 1. The molecule has 0 aromatic heterocycles. The summed E-state index contributed by atoms with van der Waals surface area (Å²) in [6, 6.07) is 8.95. The Hall–Kier alpha value is -1.06. The first-order valence-electron chi connectivity index (χ1n) is 8.26. The summed E-state index contributed by atoms with van der Waals surface area (Å²) >= 11 is 0. The van der Waals surface area contributed by atoms with Crippen LogP contribution < -0.4 is 10.1 Å². The van der Waals surface area contributed by atoms with E-state index in [9.17, 15) is 0 Å². The largest absolute Gasteiger partial charge is 0.497 e. The van der Waals surface area contributed by atoms with Crippen LogP contribution in [0.5, 0.6) is 5.75 Å². The van der Waals surface area contributed by atoms with Gasteiger partial charge in [-0.1, -0.05) is 25.0 Å². The molecule has 2 saturated carbocycles. The van der Waals surface area contributed by atoms with Crippen molar-refractivity contribution in [3.8, 4) is 5.75 Å². The summed E-state index contributed by atoms with van der Waals surface area (Å²) in [6.45, 7) is 3.87. The Balaban J connectivity index is 1.60. The van der Waals surface area contributed by atoms with Gasteiger partial charge in [0.2, 0.25) is 0 Å². The fraction of sp³-hybridized carbons (Fsp3) is 0.667. The quantitative estimate of drug-likeness (QED) is 0.869. The van der Waals surface area contributed by atoms with Crippen LogP contribution in [0.15, 0.2) is 24.3 Å². The summed E-state index contributed by atoms with van der Waals surface area (Å²) in [5, 5.41) is 3.77. The molecule has 2 aliphatic carbocycles. The lowest BCUT2D eigenvalue weighted by atomic mass is 9.60. The van der Waals surface area contributed by atoms with Crippen molar-refractivity contribution in [3.63, 3.8) is 0 Å². The molecule has 3 rings (SSSR count). The molecule has 0 amide bonds. The molecule has 1 spiro atoms. The molecule has 2 atom stereocenters. The normalized spacial score (nSPS) is 26.8. The average Bonchev–Trinajstić information content (AvgIpc) is 3.03. The van der Waals surface area contributed by atoms with Crippen LogP contribution in [0.4, 0.5) is 0 Å². The average molecular weight is 289 g/mol. The first kappa shape index (κ1) is 14.9. The first-order valence-corrected chi connectivity index (χ1v) is 8.26. The van der Waals surface area contributed by atoms with Crippen LogP contribution in [0, 0.1) is 5.41 Å². The molecule has 21 heavy (non-hydrogen) atoms. The van der Waals surface area contributed by atoms with E-state index in [2.05, 4.69) is 30.4 Å². The second-order valence-electron chi connectivity index (χ2n) is 6.40. The molecule has 2 aliphatic rings. The molecule has 1 aromatic carbocycles. The van der Waals surface area contributed by atoms with Gasteiger partial charge in [-0.2, -0.15) is 0 Å². The van der Waals surface area contributed by atoms with E-state index in [0.29, 0.717) is 17.6 Å². The van der Waals surface area contributed by atoms with Gasteiger partial charge in [-0.15, -0.1) is 0 Å². The summed E-state index contributed by atoms with van der Waals surface area (Å²) in [7, 11) is 1.72. The Kier molecular flexibility index (Phi) is 4.51. The van der Waals surface area contributed by atoms with Gasteiger partial charge in [-0.3, -0.25) is 0 Å². The highest BCUT2D eigenvalue weighted by molar-refractivity contribution is 5.28. The molecule has 0 saturated heterocycles. The fourth-order valence-electron chi connectivity index (χ4n) is 4.20. The molecule has 0 aliphatic heterocycles. The Labute approximate surface area is 128 Å². The van der Waals surface area contributed by atoms with Gasteiger partial charge in [0, 0.05) is 24.6 Å². The zero-order chi connectivity index (χ0) is 14.7. The van der Waals surface area contributed by atoms with Crippen molar-refractivity contribution in [1.29, 1.82) is 0 Å². The summed E-state index contributed by atoms with van der Waals surface area (Å²) in [5.41, 5.74) is 1.71. The molecule has 0 heterocycles. The lowest BCUT2D eigenvalue weighted by Crippen LogP contribution is -2.62. The van der Waals surface area contributed by atoms with Gasteiger partial charge in [0.1, 0.15) is 5.75 Å². The Morgan fingerprint density at radius 1 is 1.29 bits per heavy atom. The zero-order valence-corrected chi connectivity index (χ0v) is 13.2. The monoisotopic (exact) mass is 289 g/mol. The Bertz CT molecular complexity index is 468. The van der Waals surface area contributed by atoms with Gasteiger partial charge in [-0.25, -0.2) is 0 Å². The predicted molar refractivity (Wildman–Crippen MR) is 84.6 cm³/mol. The van der Waals surface area contributed by atoms with Gasteiger partial charge >= 0.3 is 0 Å². The SMILES string of the molecule is CCO[C@@H]1C[C@H](NCc2cccc(OC)c2)C12CCCC2. The van der Waals surface area contributed by atoms with Crippen molar-refractivity contribution in [2.75, 3.05) is 13.7 Å². The lowest BCUT2D eigenvalue weighted by molar-refractivity contribution is -0.130. The van der Waals surface area contributed by atoms with Gasteiger partial charge in [-0.05, 0) is 43.9 Å². The number of hydrogen-bond donors (Lipinski definition) is 1. The van der Waals surface area contributed by atoms with E-state index in [1.807, 2.05) is 6.07 Å². The fourth-order valence-corrected chi connectivity index (χ4v) is 4.20. The molecule has 0 bridgehead atoms. The summed E-state index contributed by atoms with van der Waals surface area (Å²) < 4.78 is 11.3. The van der Waals surface area contributed by atoms with E-state index in [1.54, 1.807) is 7.11 Å². The number of methoxy groups -OCH3 is 1. The maximum atomic E-state index is 5.97. The molecule has 1 aromatic rings. The highest BCUT2D eigenvalue weighted by Crippen LogP contribution is 2.54. The van der Waals surface area contributed by atoms with E-state index in [-0.39, 0.29) is 0 Å². The van der Waals surface area contributed by atoms with Crippen molar-refractivity contribution in [3.05, 3.63) is 29.8 Å². The Morgan fingerprint density at radius 3 is 2.81 bits per heavy atom. The molecule has 3 nitrogen and oxygen atoms in total. The molecule has 3 heteroatoms. The summed E-state index contributed by atoms with van der Waals surface area (Å²) in [4.78, 5) is 0. The van der Waals surface area contributed by atoms with Crippen molar-refractivity contribution in [1.82, 2.24) is 5.32 Å². The van der Waals surface area contributed by atoms with Crippen LogP contribution >= 0.6 is 0 Å². The summed E-state index contributed by atoms with van der Waals surface area (Å²) in [5.74, 6) is 0.936. The van der Waals surface area contributed by atoms with E-state index in [4.69, 9.17) is 9.47 Å². The van der Waals surface area contributed by atoms with Crippen LogP contribution in [0.1, 0.15) is 44.6 Å². The molecular formula is C18H27NO2. The molecule has 116 valence electrons. The van der Waals surface area contributed by atoms with Crippen LogP contribution in [0.25, 0.3) is 0 Å². The minimum atomic E-state index is 0.412. The third kappa shape index (κ3) is 2.82. The smallest absolute Gasteiger partial charge is 0.119 e. The number of hydrogen-bond acceptors (Lipinski definition) is 3. The van der Waals surface area contributed by atoms with Crippen LogP contribution in [0.2, 0.25) is 0 Å². The van der Waals surface area contributed by atoms with Gasteiger partial charge in [0.25, 0.3) is 0 Å². The van der Waals surface area contributed by atoms with Crippen LogP contribution in [-0.2, 0) is 11.3 Å². The van der Waals surface area contributed by atoms with Crippen molar-refractivity contribution >= 4 is 0 Å². The third-order valence-electron chi connectivity index (χ3n) is 5.37. The molecule has 1 N–H and O–H groups in total. The van der Waals surface area contributed by atoms with Crippen LogP contribution in [0.3, 0.4) is 0 Å². The van der Waals surface area contributed by atoms with Gasteiger partial charge < -0.3 is 14.8 Å². The predicted octanol–water partition coefficient (Wildman–Crippen LogP) is 3.52. The standard InChI is InChI=1S/C18H27NO2/c1-3-21-17-12-16(18(17)9-4-5-10-18)19-13-14-7-6-8-15(11-14)20-2/h6-8,11,16-17,19H,3-5,9-10,12-13H2,1-2H3/t16-,17+/m0/s1. The molecule has 0 radical (unpaired) electrons. The van der Waals surface area contributed by atoms with Crippen molar-refractivity contribution in [2.45, 2.75) is 57.7 Å². The molecular weight excluding hydrogens is 262 g/mol. The third-order valence-corrected chi connectivity index (χ3v) is 5.37. The summed E-state index contributed by atoms with van der Waals surface area (Å²) in [6.07, 6.45) is 7.02. The lowest BCUT2D eigenvalue weighted by Gasteiger charge is -2.54. The molecule has 0 unspecified atom stereocenters. The minimum Gasteiger partial charge on any atom is -0.497 e. The van der Waals surface area contributed by atoms with E-state index in [0.717, 1.165) is 25.3 Å². The number of ether oxygens (including phenoxy) is 2. The number of benzene rings is 1. The highest BCUT2D eigenvalue weighted by atomic mass is 16.5. The van der Waals surface area contributed by atoms with E-state index in [1.165, 1.54) is 31.2 Å². The highest BCUT2D eigenvalue weighted by Gasteiger charge is 2.56. The first-order chi connectivity index (χ1) is 10.3. The number of rotatable bonds is 6. The maximum absolute atomic E-state index is 5.97. The van der Waals surface area contributed by atoms with Crippen LogP contribution in [-0.4, -0.2) is 25.9 Å². The van der Waals surface area contributed by atoms with Crippen molar-refractivity contribution < 1.29 is 9.47 Å². The van der Waals surface area contributed by atoms with E-state index >= 15 is 0 Å². The van der Waals surface area contributed by atoms with Gasteiger partial charge in [0.05, 0.1) is 13.2 Å². The van der Waals surface area contributed by atoms with Crippen molar-refractivity contribution in [2.24, 2.45) is 5.41 Å². The minimum absolute atomic E-state index is 0.412.